The van der Waals surface area contributed by atoms with Crippen LogP contribution in [0.3, 0.4) is 0 Å². The molecular weight excluding hydrogens is 220 g/mol. The Bertz CT molecular complexity index is 415. The van der Waals surface area contributed by atoms with Gasteiger partial charge in [-0.1, -0.05) is 19.6 Å². The number of carbonyl (C=O) groups is 1. The number of carboxylic acid groups (broad SMARTS) is 1. The Labute approximate surface area is 86.8 Å². The molecule has 82 valence electrons. The first kappa shape index (κ1) is 11.8. The number of aromatic carboxylic acids is 1. The molecule has 1 heterocycles. The zero-order valence-corrected chi connectivity index (χ0v) is 9.64. The Balaban J connectivity index is 3.43. The minimum absolute atomic E-state index is 0.223. The van der Waals surface area contributed by atoms with Gasteiger partial charge in [0.1, 0.15) is 5.56 Å². The van der Waals surface area contributed by atoms with Crippen LogP contribution in [0.4, 0.5) is 8.78 Å². The highest BCUT2D eigenvalue weighted by molar-refractivity contribution is 6.88. The molecule has 0 aromatic carbocycles. The van der Waals surface area contributed by atoms with Gasteiger partial charge >= 0.3 is 5.97 Å². The van der Waals surface area contributed by atoms with Crippen molar-refractivity contribution in [3.05, 3.63) is 23.5 Å². The van der Waals surface area contributed by atoms with Gasteiger partial charge < -0.3 is 5.11 Å². The fraction of sp³-hybridized carbons (Fsp3) is 0.333. The number of halogens is 2. The average Bonchev–Trinajstić information content (AvgIpc) is 2.00. The second kappa shape index (κ2) is 3.69. The van der Waals surface area contributed by atoms with Gasteiger partial charge in [-0.2, -0.15) is 13.8 Å². The maximum absolute atomic E-state index is 13.3. The van der Waals surface area contributed by atoms with Crippen molar-refractivity contribution >= 4 is 19.2 Å². The predicted octanol–water partition coefficient (Wildman–Crippen LogP) is 1.60. The fourth-order valence-corrected chi connectivity index (χ4v) is 2.40. The smallest absolute Gasteiger partial charge is 0.340 e. The van der Waals surface area contributed by atoms with E-state index in [-0.39, 0.29) is 5.19 Å². The van der Waals surface area contributed by atoms with E-state index in [1.807, 2.05) is 19.6 Å². The average molecular weight is 231 g/mol. The van der Waals surface area contributed by atoms with Crippen LogP contribution in [0.15, 0.2) is 6.07 Å². The highest BCUT2D eigenvalue weighted by atomic mass is 28.3. The van der Waals surface area contributed by atoms with E-state index in [9.17, 15) is 13.6 Å². The monoisotopic (exact) mass is 231 g/mol. The fourth-order valence-electron chi connectivity index (χ4n) is 1.15. The Morgan fingerprint density at radius 2 is 1.87 bits per heavy atom. The summed E-state index contributed by atoms with van der Waals surface area (Å²) in [5.74, 6) is -3.61. The van der Waals surface area contributed by atoms with Crippen molar-refractivity contribution in [3.8, 4) is 0 Å². The molecule has 15 heavy (non-hydrogen) atoms. The summed E-state index contributed by atoms with van der Waals surface area (Å²) in [6.07, 6.45) is 0. The second-order valence-corrected chi connectivity index (χ2v) is 9.26. The summed E-state index contributed by atoms with van der Waals surface area (Å²) in [4.78, 5) is 13.6. The van der Waals surface area contributed by atoms with E-state index in [2.05, 4.69) is 4.98 Å². The first-order valence-electron chi connectivity index (χ1n) is 4.33. The summed E-state index contributed by atoms with van der Waals surface area (Å²) in [5, 5.41) is 8.88. The molecule has 0 aliphatic carbocycles. The lowest BCUT2D eigenvalue weighted by molar-refractivity contribution is 0.0690. The number of aromatic nitrogens is 1. The molecule has 0 amide bonds. The lowest BCUT2D eigenvalue weighted by atomic mass is 10.3. The highest BCUT2D eigenvalue weighted by Gasteiger charge is 2.25. The van der Waals surface area contributed by atoms with Crippen LogP contribution < -0.4 is 5.19 Å². The van der Waals surface area contributed by atoms with Crippen molar-refractivity contribution in [2.75, 3.05) is 0 Å². The Morgan fingerprint density at radius 1 is 1.33 bits per heavy atom. The molecule has 1 N–H and O–H groups in total. The standard InChI is InChI=1S/C9H11F2NO2Si/c1-15(2,3)6-4-5(9(13)14)7(10)12-8(6)11/h4H,1-3H3,(H,13,14). The van der Waals surface area contributed by atoms with Crippen LogP contribution in [0.2, 0.25) is 19.6 Å². The molecule has 0 spiro atoms. The van der Waals surface area contributed by atoms with E-state index in [0.29, 0.717) is 0 Å². The van der Waals surface area contributed by atoms with Gasteiger partial charge in [-0.05, 0) is 11.3 Å². The van der Waals surface area contributed by atoms with Gasteiger partial charge in [0.05, 0.1) is 8.07 Å². The maximum atomic E-state index is 13.3. The lowest BCUT2D eigenvalue weighted by Crippen LogP contribution is -2.41. The molecule has 3 nitrogen and oxygen atoms in total. The predicted molar refractivity (Wildman–Crippen MR) is 54.1 cm³/mol. The van der Waals surface area contributed by atoms with Gasteiger partial charge in [0, 0.05) is 0 Å². The molecule has 0 aliphatic heterocycles. The largest absolute Gasteiger partial charge is 0.478 e. The second-order valence-electron chi connectivity index (χ2n) is 4.22. The number of carboxylic acids is 1. The quantitative estimate of drug-likeness (QED) is 0.621. The number of nitrogens with zero attached hydrogens (tertiary/aromatic N) is 1. The van der Waals surface area contributed by atoms with Gasteiger partial charge in [-0.25, -0.2) is 4.79 Å². The third-order valence-electron chi connectivity index (χ3n) is 1.97. The molecule has 1 rings (SSSR count). The summed E-state index contributed by atoms with van der Waals surface area (Å²) in [5.41, 5.74) is -0.575. The highest BCUT2D eigenvalue weighted by Crippen LogP contribution is 2.09. The summed E-state index contributed by atoms with van der Waals surface area (Å²) in [7, 11) is -2.05. The summed E-state index contributed by atoms with van der Waals surface area (Å²) < 4.78 is 26.2. The molecule has 0 fully saturated rings. The molecule has 0 atom stereocenters. The number of hydrogen-bond donors (Lipinski definition) is 1. The first-order chi connectivity index (χ1) is 6.73. The molecule has 0 unspecified atom stereocenters. The molecule has 6 heteroatoms. The van der Waals surface area contributed by atoms with Crippen molar-refractivity contribution in [1.82, 2.24) is 4.98 Å². The topological polar surface area (TPSA) is 50.2 Å². The first-order valence-corrected chi connectivity index (χ1v) is 7.83. The van der Waals surface area contributed by atoms with Crippen molar-refractivity contribution in [2.24, 2.45) is 0 Å². The third-order valence-corrected chi connectivity index (χ3v) is 3.93. The Kier molecular flexibility index (Phi) is 2.90. The van der Waals surface area contributed by atoms with E-state index in [4.69, 9.17) is 5.11 Å². The van der Waals surface area contributed by atoms with Crippen LogP contribution in [-0.2, 0) is 0 Å². The number of pyridine rings is 1. The lowest BCUT2D eigenvalue weighted by Gasteiger charge is -2.17. The van der Waals surface area contributed by atoms with E-state index < -0.39 is 31.5 Å². The SMILES string of the molecule is C[Si](C)(C)c1cc(C(=O)O)c(F)nc1F. The normalized spacial score (nSPS) is 11.5. The third kappa shape index (κ3) is 2.38. The van der Waals surface area contributed by atoms with Crippen molar-refractivity contribution < 1.29 is 18.7 Å². The van der Waals surface area contributed by atoms with Crippen LogP contribution in [0.1, 0.15) is 10.4 Å². The van der Waals surface area contributed by atoms with Crippen LogP contribution in [-0.4, -0.2) is 24.1 Å². The molecule has 0 aliphatic rings. The summed E-state index contributed by atoms with van der Waals surface area (Å²) in [6.45, 7) is 5.49. The van der Waals surface area contributed by atoms with Crippen LogP contribution in [0.25, 0.3) is 0 Å². The molecule has 0 saturated heterocycles. The van der Waals surface area contributed by atoms with Crippen molar-refractivity contribution in [1.29, 1.82) is 0 Å². The molecule has 0 bridgehead atoms. The van der Waals surface area contributed by atoms with Gasteiger partial charge in [0.25, 0.3) is 0 Å². The van der Waals surface area contributed by atoms with Gasteiger partial charge in [0.15, 0.2) is 0 Å². The van der Waals surface area contributed by atoms with E-state index in [1.165, 1.54) is 0 Å². The van der Waals surface area contributed by atoms with Crippen LogP contribution in [0.5, 0.6) is 0 Å². The van der Waals surface area contributed by atoms with Crippen LogP contribution in [0, 0.1) is 11.9 Å². The Morgan fingerprint density at radius 3 is 2.27 bits per heavy atom. The summed E-state index contributed by atoms with van der Waals surface area (Å²) in [6, 6.07) is 1.05. The molecule has 0 saturated carbocycles. The molecule has 0 radical (unpaired) electrons. The summed E-state index contributed by atoms with van der Waals surface area (Å²) >= 11 is 0. The van der Waals surface area contributed by atoms with Crippen molar-refractivity contribution in [2.45, 2.75) is 19.6 Å². The minimum Gasteiger partial charge on any atom is -0.478 e. The zero-order chi connectivity index (χ0) is 11.8. The molecule has 1 aromatic heterocycles. The van der Waals surface area contributed by atoms with Crippen molar-refractivity contribution in [3.63, 3.8) is 0 Å². The number of rotatable bonds is 2. The van der Waals surface area contributed by atoms with Gasteiger partial charge in [-0.15, -0.1) is 0 Å². The van der Waals surface area contributed by atoms with Crippen LogP contribution >= 0.6 is 0 Å². The van der Waals surface area contributed by atoms with E-state index >= 15 is 0 Å². The molecule has 1 aromatic rings. The number of hydrogen-bond acceptors (Lipinski definition) is 2. The Hall–Kier alpha value is -1.30. The molecular formula is C9H11F2NO2Si. The maximum Gasteiger partial charge on any atom is 0.340 e. The van der Waals surface area contributed by atoms with E-state index in [0.717, 1.165) is 6.07 Å². The van der Waals surface area contributed by atoms with Gasteiger partial charge in [0.2, 0.25) is 11.9 Å². The van der Waals surface area contributed by atoms with Gasteiger partial charge in [-0.3, -0.25) is 0 Å². The van der Waals surface area contributed by atoms with E-state index in [1.54, 1.807) is 0 Å². The minimum atomic E-state index is -2.05. The zero-order valence-electron chi connectivity index (χ0n) is 8.64.